The highest BCUT2D eigenvalue weighted by atomic mass is 32.2. The Morgan fingerprint density at radius 1 is 1.22 bits per heavy atom. The Bertz CT molecular complexity index is 408. The molecular formula is C14H27N3O5S. The molecular weight excluding hydrogens is 322 g/mol. The largest absolute Gasteiger partial charge is 0.480 e. The molecule has 0 aromatic carbocycles. The zero-order chi connectivity index (χ0) is 18.0. The summed E-state index contributed by atoms with van der Waals surface area (Å²) in [5.41, 5.74) is 5.78. The maximum atomic E-state index is 12.2. The van der Waals surface area contributed by atoms with Gasteiger partial charge in [-0.05, 0) is 24.3 Å². The number of hydrogen-bond donors (Lipinski definition) is 5. The van der Waals surface area contributed by atoms with Crippen LogP contribution in [0.25, 0.3) is 0 Å². The minimum atomic E-state index is -1.41. The SMILES string of the molecule is CC[C@H](C)[C@H](NC(=O)[C@@H](N)CCSC)C(=O)N[C@@H](CO)C(=O)O. The topological polar surface area (TPSA) is 142 Å². The molecule has 0 radical (unpaired) electrons. The smallest absolute Gasteiger partial charge is 0.328 e. The van der Waals surface area contributed by atoms with Crippen molar-refractivity contribution in [3.8, 4) is 0 Å². The molecule has 9 heteroatoms. The average molecular weight is 349 g/mol. The van der Waals surface area contributed by atoms with Gasteiger partial charge in [-0.25, -0.2) is 4.79 Å². The number of amides is 2. The van der Waals surface area contributed by atoms with E-state index in [-0.39, 0.29) is 5.92 Å². The van der Waals surface area contributed by atoms with Gasteiger partial charge in [-0.2, -0.15) is 11.8 Å². The van der Waals surface area contributed by atoms with Gasteiger partial charge in [0, 0.05) is 0 Å². The number of carbonyl (C=O) groups is 3. The minimum absolute atomic E-state index is 0.208. The molecule has 0 aromatic heterocycles. The Balaban J connectivity index is 4.90. The third-order valence-corrected chi connectivity index (χ3v) is 4.20. The van der Waals surface area contributed by atoms with E-state index < -0.39 is 42.5 Å². The van der Waals surface area contributed by atoms with Gasteiger partial charge in [-0.1, -0.05) is 20.3 Å². The van der Waals surface area contributed by atoms with Crippen LogP contribution in [-0.2, 0) is 14.4 Å². The van der Waals surface area contributed by atoms with E-state index in [1.807, 2.05) is 13.2 Å². The Hall–Kier alpha value is -1.32. The van der Waals surface area contributed by atoms with Crippen molar-refractivity contribution < 1.29 is 24.6 Å². The molecule has 0 fully saturated rings. The fourth-order valence-corrected chi connectivity index (χ4v) is 2.27. The predicted molar refractivity (Wildman–Crippen MR) is 89.0 cm³/mol. The lowest BCUT2D eigenvalue weighted by Gasteiger charge is -2.26. The number of aliphatic hydroxyl groups excluding tert-OH is 1. The Morgan fingerprint density at radius 2 is 1.83 bits per heavy atom. The van der Waals surface area contributed by atoms with Crippen molar-refractivity contribution in [1.82, 2.24) is 10.6 Å². The first-order chi connectivity index (χ1) is 10.8. The van der Waals surface area contributed by atoms with Crippen molar-refractivity contribution in [2.45, 2.75) is 44.8 Å². The fourth-order valence-electron chi connectivity index (χ4n) is 1.79. The molecule has 0 aliphatic carbocycles. The summed E-state index contributed by atoms with van der Waals surface area (Å²) < 4.78 is 0. The zero-order valence-corrected chi connectivity index (χ0v) is 14.6. The molecule has 0 aliphatic rings. The quantitative estimate of drug-likeness (QED) is 0.327. The van der Waals surface area contributed by atoms with E-state index in [1.165, 1.54) is 0 Å². The molecule has 0 aliphatic heterocycles. The summed E-state index contributed by atoms with van der Waals surface area (Å²) >= 11 is 1.57. The van der Waals surface area contributed by atoms with Crippen molar-refractivity contribution in [3.05, 3.63) is 0 Å². The molecule has 6 N–H and O–H groups in total. The average Bonchev–Trinajstić information content (AvgIpc) is 2.53. The normalized spacial score (nSPS) is 16.0. The van der Waals surface area contributed by atoms with E-state index in [1.54, 1.807) is 18.7 Å². The summed E-state index contributed by atoms with van der Waals surface area (Å²) in [5.74, 6) is -1.92. The van der Waals surface area contributed by atoms with Gasteiger partial charge in [0.05, 0.1) is 12.6 Å². The molecule has 0 aromatic rings. The molecule has 0 rings (SSSR count). The Kier molecular flexibility index (Phi) is 10.6. The summed E-state index contributed by atoms with van der Waals surface area (Å²) in [6.45, 7) is 2.90. The van der Waals surface area contributed by atoms with Gasteiger partial charge in [-0.3, -0.25) is 9.59 Å². The molecule has 134 valence electrons. The lowest BCUT2D eigenvalue weighted by atomic mass is 9.97. The van der Waals surface area contributed by atoms with Crippen LogP contribution < -0.4 is 16.4 Å². The van der Waals surface area contributed by atoms with Crippen LogP contribution in [-0.4, -0.2) is 64.7 Å². The van der Waals surface area contributed by atoms with Crippen molar-refractivity contribution >= 4 is 29.5 Å². The Morgan fingerprint density at radius 3 is 2.26 bits per heavy atom. The number of nitrogens with two attached hydrogens (primary N) is 1. The molecule has 0 unspecified atom stereocenters. The first-order valence-electron chi connectivity index (χ1n) is 7.47. The second-order valence-electron chi connectivity index (χ2n) is 5.34. The first kappa shape index (κ1) is 21.7. The monoisotopic (exact) mass is 349 g/mol. The number of rotatable bonds is 11. The molecule has 2 amide bonds. The van der Waals surface area contributed by atoms with E-state index in [4.69, 9.17) is 15.9 Å². The number of carbonyl (C=O) groups excluding carboxylic acids is 2. The lowest BCUT2D eigenvalue weighted by molar-refractivity contribution is -0.143. The lowest BCUT2D eigenvalue weighted by Crippen LogP contribution is -2.57. The van der Waals surface area contributed by atoms with Crippen LogP contribution >= 0.6 is 11.8 Å². The molecule has 4 atom stereocenters. The number of carboxylic acid groups (broad SMARTS) is 1. The van der Waals surface area contributed by atoms with Crippen molar-refractivity contribution in [2.24, 2.45) is 11.7 Å². The van der Waals surface area contributed by atoms with E-state index in [0.717, 1.165) is 5.75 Å². The van der Waals surface area contributed by atoms with Gasteiger partial charge in [0.25, 0.3) is 0 Å². The summed E-state index contributed by atoms with van der Waals surface area (Å²) in [4.78, 5) is 35.2. The van der Waals surface area contributed by atoms with Gasteiger partial charge in [0.2, 0.25) is 11.8 Å². The van der Waals surface area contributed by atoms with Gasteiger partial charge in [0.15, 0.2) is 0 Å². The number of carboxylic acids is 1. The van der Waals surface area contributed by atoms with Crippen molar-refractivity contribution in [3.63, 3.8) is 0 Å². The highest BCUT2D eigenvalue weighted by Crippen LogP contribution is 2.09. The van der Waals surface area contributed by atoms with E-state index in [9.17, 15) is 14.4 Å². The zero-order valence-electron chi connectivity index (χ0n) is 13.7. The van der Waals surface area contributed by atoms with Crippen LogP contribution in [0.1, 0.15) is 26.7 Å². The predicted octanol–water partition coefficient (Wildman–Crippen LogP) is -0.841. The van der Waals surface area contributed by atoms with Gasteiger partial charge < -0.3 is 26.6 Å². The number of nitrogens with one attached hydrogen (secondary N) is 2. The van der Waals surface area contributed by atoms with Crippen LogP contribution in [0.4, 0.5) is 0 Å². The standard InChI is InChI=1S/C14H27N3O5S/c1-4-8(2)11(13(20)16-10(7-18)14(21)22)17-12(19)9(15)5-6-23-3/h8-11,18H,4-7,15H2,1-3H3,(H,16,20)(H,17,19)(H,21,22)/t8-,9-,10-,11-/m0/s1. The van der Waals surface area contributed by atoms with Crippen LogP contribution in [0.5, 0.6) is 0 Å². The first-order valence-corrected chi connectivity index (χ1v) is 8.86. The minimum Gasteiger partial charge on any atom is -0.480 e. The maximum absolute atomic E-state index is 12.2. The maximum Gasteiger partial charge on any atom is 0.328 e. The molecule has 0 saturated carbocycles. The third-order valence-electron chi connectivity index (χ3n) is 3.56. The van der Waals surface area contributed by atoms with Crippen molar-refractivity contribution in [1.29, 1.82) is 0 Å². The summed E-state index contributed by atoms with van der Waals surface area (Å²) in [6.07, 6.45) is 2.99. The summed E-state index contributed by atoms with van der Waals surface area (Å²) in [7, 11) is 0. The number of aliphatic hydroxyl groups is 1. The molecule has 0 heterocycles. The van der Waals surface area contributed by atoms with Crippen LogP contribution in [0.3, 0.4) is 0 Å². The molecule has 8 nitrogen and oxygen atoms in total. The third kappa shape index (κ3) is 7.67. The van der Waals surface area contributed by atoms with E-state index in [2.05, 4.69) is 10.6 Å². The highest BCUT2D eigenvalue weighted by Gasteiger charge is 2.30. The van der Waals surface area contributed by atoms with Gasteiger partial charge in [0.1, 0.15) is 12.1 Å². The fraction of sp³-hybridized carbons (Fsp3) is 0.786. The van der Waals surface area contributed by atoms with E-state index >= 15 is 0 Å². The summed E-state index contributed by atoms with van der Waals surface area (Å²) in [5, 5.41) is 22.7. The summed E-state index contributed by atoms with van der Waals surface area (Å²) in [6, 6.07) is -3.03. The number of thioether (sulfide) groups is 1. The van der Waals surface area contributed by atoms with Crippen LogP contribution in [0.15, 0.2) is 0 Å². The van der Waals surface area contributed by atoms with E-state index in [0.29, 0.717) is 12.8 Å². The highest BCUT2D eigenvalue weighted by molar-refractivity contribution is 7.98. The second kappa shape index (κ2) is 11.3. The van der Waals surface area contributed by atoms with Crippen LogP contribution in [0, 0.1) is 5.92 Å². The van der Waals surface area contributed by atoms with Crippen LogP contribution in [0.2, 0.25) is 0 Å². The number of hydrogen-bond acceptors (Lipinski definition) is 6. The van der Waals surface area contributed by atoms with Gasteiger partial charge >= 0.3 is 5.97 Å². The molecule has 0 saturated heterocycles. The molecule has 0 spiro atoms. The number of aliphatic carboxylic acids is 1. The van der Waals surface area contributed by atoms with Gasteiger partial charge in [-0.15, -0.1) is 0 Å². The second-order valence-corrected chi connectivity index (χ2v) is 6.33. The van der Waals surface area contributed by atoms with Crippen molar-refractivity contribution in [2.75, 3.05) is 18.6 Å². The molecule has 23 heavy (non-hydrogen) atoms. The Labute approximate surface area is 140 Å². The molecule has 0 bridgehead atoms.